The number of hydrogen-bond acceptors (Lipinski definition) is 2. The Morgan fingerprint density at radius 2 is 2.05 bits per heavy atom. The minimum Gasteiger partial charge on any atom is -0.443 e. The van der Waals surface area contributed by atoms with Crippen molar-refractivity contribution < 1.29 is 13.9 Å². The summed E-state index contributed by atoms with van der Waals surface area (Å²) in [5.74, 6) is -0.324. The van der Waals surface area contributed by atoms with E-state index in [1.807, 2.05) is 20.8 Å². The Morgan fingerprint density at radius 3 is 2.63 bits per heavy atom. The number of aromatic nitrogens is 1. The van der Waals surface area contributed by atoms with Crippen LogP contribution in [0.2, 0.25) is 0 Å². The molecule has 1 aromatic heterocycles. The number of rotatable bonds is 1. The Balaban J connectivity index is 2.54. The number of hydrogen-bond donors (Lipinski definition) is 0. The summed E-state index contributed by atoms with van der Waals surface area (Å²) in [6.45, 7) is 5.43. The lowest BCUT2D eigenvalue weighted by Gasteiger charge is -2.20. The molecule has 5 heteroatoms. The molecule has 2 rings (SSSR count). The van der Waals surface area contributed by atoms with Crippen LogP contribution in [-0.2, 0) is 10.1 Å². The van der Waals surface area contributed by atoms with Gasteiger partial charge in [0.2, 0.25) is 0 Å². The first-order valence-electron chi connectivity index (χ1n) is 5.91. The average molecular weight is 328 g/mol. The molecule has 0 bridgehead atoms. The highest BCUT2D eigenvalue weighted by atomic mass is 79.9. The number of carbonyl (C=O) groups is 1. The van der Waals surface area contributed by atoms with Crippen molar-refractivity contribution >= 4 is 32.9 Å². The van der Waals surface area contributed by atoms with Gasteiger partial charge in [-0.25, -0.2) is 13.8 Å². The minimum absolute atomic E-state index is 0.324. The van der Waals surface area contributed by atoms with Crippen molar-refractivity contribution in [1.82, 2.24) is 4.57 Å². The molecule has 0 amide bonds. The maximum atomic E-state index is 13.2. The number of alkyl halides is 1. The normalized spacial score (nSPS) is 11.8. The van der Waals surface area contributed by atoms with E-state index in [2.05, 4.69) is 15.9 Å². The van der Waals surface area contributed by atoms with Crippen LogP contribution in [-0.4, -0.2) is 16.3 Å². The first-order valence-corrected chi connectivity index (χ1v) is 7.03. The molecule has 0 aliphatic carbocycles. The Kier molecular flexibility index (Phi) is 3.67. The maximum Gasteiger partial charge on any atom is 0.419 e. The number of fused-ring (bicyclic) bond motifs is 1. The number of halogens is 2. The zero-order valence-electron chi connectivity index (χ0n) is 11.0. The van der Waals surface area contributed by atoms with Crippen LogP contribution in [0.1, 0.15) is 26.5 Å². The highest BCUT2D eigenvalue weighted by Gasteiger charge is 2.21. The molecular weight excluding hydrogens is 313 g/mol. The van der Waals surface area contributed by atoms with Crippen LogP contribution in [0.15, 0.2) is 24.3 Å². The number of ether oxygens (including phenoxy) is 1. The molecule has 0 N–H and O–H groups in total. The molecule has 0 spiro atoms. The van der Waals surface area contributed by atoms with E-state index >= 15 is 0 Å². The predicted molar refractivity (Wildman–Crippen MR) is 76.2 cm³/mol. The van der Waals surface area contributed by atoms with Crippen molar-refractivity contribution in [2.45, 2.75) is 31.7 Å². The molecule has 1 aromatic carbocycles. The third kappa shape index (κ3) is 2.97. The van der Waals surface area contributed by atoms with Crippen LogP contribution >= 0.6 is 15.9 Å². The molecule has 1 heterocycles. The van der Waals surface area contributed by atoms with E-state index in [0.717, 1.165) is 5.69 Å². The van der Waals surface area contributed by atoms with Gasteiger partial charge in [0, 0.05) is 16.4 Å². The third-order valence-electron chi connectivity index (χ3n) is 2.55. The van der Waals surface area contributed by atoms with Gasteiger partial charge in [-0.15, -0.1) is 0 Å². The molecule has 0 saturated carbocycles. The smallest absolute Gasteiger partial charge is 0.419 e. The van der Waals surface area contributed by atoms with Crippen molar-refractivity contribution in [3.8, 4) is 0 Å². The van der Waals surface area contributed by atoms with Crippen molar-refractivity contribution in [1.29, 1.82) is 0 Å². The minimum atomic E-state index is -0.572. The highest BCUT2D eigenvalue weighted by molar-refractivity contribution is 9.08. The standard InChI is InChI=1S/C14H15BrFNO2/c1-14(2,3)19-13(18)17-11(8-15)7-9-6-10(16)4-5-12(9)17/h4-7H,8H2,1-3H3. The van der Waals surface area contributed by atoms with Crippen molar-refractivity contribution in [2.24, 2.45) is 0 Å². The molecule has 2 aromatic rings. The molecule has 0 unspecified atom stereocenters. The van der Waals surface area contributed by atoms with Crippen LogP contribution in [0.3, 0.4) is 0 Å². The Hall–Kier alpha value is -1.36. The molecule has 0 radical (unpaired) electrons. The van der Waals surface area contributed by atoms with Gasteiger partial charge < -0.3 is 4.74 Å². The summed E-state index contributed by atoms with van der Waals surface area (Å²) in [4.78, 5) is 12.2. The zero-order valence-corrected chi connectivity index (χ0v) is 12.6. The van der Waals surface area contributed by atoms with E-state index in [4.69, 9.17) is 4.74 Å². The fourth-order valence-electron chi connectivity index (χ4n) is 1.86. The van der Waals surface area contributed by atoms with Gasteiger partial charge >= 0.3 is 6.09 Å². The van der Waals surface area contributed by atoms with Gasteiger partial charge in [-0.2, -0.15) is 0 Å². The predicted octanol–water partition coefficient (Wildman–Crippen LogP) is 4.46. The summed E-state index contributed by atoms with van der Waals surface area (Å²) in [6.07, 6.45) is -0.455. The quantitative estimate of drug-likeness (QED) is 0.724. The lowest BCUT2D eigenvalue weighted by molar-refractivity contribution is 0.0541. The van der Waals surface area contributed by atoms with Gasteiger partial charge in [0.05, 0.1) is 5.52 Å². The zero-order chi connectivity index (χ0) is 14.2. The fourth-order valence-corrected chi connectivity index (χ4v) is 2.28. The SMILES string of the molecule is CC(C)(C)OC(=O)n1c(CBr)cc2cc(F)ccc21. The molecule has 0 atom stereocenters. The van der Waals surface area contributed by atoms with Crippen LogP contribution in [0.5, 0.6) is 0 Å². The summed E-state index contributed by atoms with van der Waals surface area (Å²) in [5, 5.41) is 1.17. The molecule has 102 valence electrons. The molecule has 0 saturated heterocycles. The van der Waals surface area contributed by atoms with Gasteiger partial charge in [-0.3, -0.25) is 0 Å². The lowest BCUT2D eigenvalue weighted by Crippen LogP contribution is -2.27. The molecule has 0 aliphatic heterocycles. The second-order valence-electron chi connectivity index (χ2n) is 5.29. The third-order valence-corrected chi connectivity index (χ3v) is 3.13. The topological polar surface area (TPSA) is 31.2 Å². The number of nitrogens with zero attached hydrogens (tertiary/aromatic N) is 1. The van der Waals surface area contributed by atoms with E-state index in [-0.39, 0.29) is 5.82 Å². The summed E-state index contributed by atoms with van der Waals surface area (Å²) >= 11 is 3.33. The maximum absolute atomic E-state index is 13.2. The summed E-state index contributed by atoms with van der Waals surface area (Å²) < 4.78 is 20.1. The Labute approximate surface area is 119 Å². The largest absolute Gasteiger partial charge is 0.443 e. The van der Waals surface area contributed by atoms with E-state index in [1.165, 1.54) is 16.7 Å². The second-order valence-corrected chi connectivity index (χ2v) is 5.85. The van der Waals surface area contributed by atoms with E-state index < -0.39 is 11.7 Å². The van der Waals surface area contributed by atoms with Crippen molar-refractivity contribution in [3.63, 3.8) is 0 Å². The first-order chi connectivity index (χ1) is 8.81. The number of carbonyl (C=O) groups excluding carboxylic acids is 1. The van der Waals surface area contributed by atoms with Crippen LogP contribution in [0.4, 0.5) is 9.18 Å². The first kappa shape index (κ1) is 14.1. The monoisotopic (exact) mass is 327 g/mol. The molecule has 0 fully saturated rings. The van der Waals surface area contributed by atoms with Crippen LogP contribution in [0, 0.1) is 5.82 Å². The van der Waals surface area contributed by atoms with Gasteiger partial charge in [-0.05, 0) is 45.0 Å². The Morgan fingerprint density at radius 1 is 1.37 bits per heavy atom. The average Bonchev–Trinajstić information content (AvgIpc) is 2.63. The summed E-state index contributed by atoms with van der Waals surface area (Å²) in [6, 6.07) is 6.10. The molecule has 0 aliphatic rings. The lowest BCUT2D eigenvalue weighted by atomic mass is 10.2. The summed E-state index contributed by atoms with van der Waals surface area (Å²) in [5.41, 5.74) is 0.803. The van der Waals surface area contributed by atoms with Crippen molar-refractivity contribution in [2.75, 3.05) is 0 Å². The van der Waals surface area contributed by atoms with E-state index in [0.29, 0.717) is 16.2 Å². The summed E-state index contributed by atoms with van der Waals surface area (Å²) in [7, 11) is 0. The van der Waals surface area contributed by atoms with Gasteiger partial charge in [0.15, 0.2) is 0 Å². The number of benzene rings is 1. The highest BCUT2D eigenvalue weighted by Crippen LogP contribution is 2.24. The van der Waals surface area contributed by atoms with Gasteiger partial charge in [0.25, 0.3) is 0 Å². The Bertz CT molecular complexity index is 628. The molecular formula is C14H15BrFNO2. The second kappa shape index (κ2) is 4.96. The van der Waals surface area contributed by atoms with E-state index in [1.54, 1.807) is 12.1 Å². The van der Waals surface area contributed by atoms with Crippen LogP contribution in [0.25, 0.3) is 10.9 Å². The van der Waals surface area contributed by atoms with Crippen molar-refractivity contribution in [3.05, 3.63) is 35.8 Å². The fraction of sp³-hybridized carbons (Fsp3) is 0.357. The van der Waals surface area contributed by atoms with E-state index in [9.17, 15) is 9.18 Å². The van der Waals surface area contributed by atoms with Gasteiger partial charge in [0.1, 0.15) is 11.4 Å². The molecule has 3 nitrogen and oxygen atoms in total. The van der Waals surface area contributed by atoms with Crippen LogP contribution < -0.4 is 0 Å². The molecule has 19 heavy (non-hydrogen) atoms. The van der Waals surface area contributed by atoms with Gasteiger partial charge in [-0.1, -0.05) is 15.9 Å².